The van der Waals surface area contributed by atoms with Crippen LogP contribution in [0, 0.1) is 5.92 Å². The van der Waals surface area contributed by atoms with Crippen LogP contribution in [0.2, 0.25) is 0 Å². The maximum Gasteiger partial charge on any atom is 0.408 e. The second kappa shape index (κ2) is 13.4. The third-order valence-electron chi connectivity index (χ3n) is 3.61. The molecular weight excluding hydrogens is 459 g/mol. The molecule has 27 heavy (non-hydrogen) atoms. The van der Waals surface area contributed by atoms with Crippen LogP contribution in [0.25, 0.3) is 0 Å². The SMILES string of the molecule is CCOC(CCNC(=NC)NCC(C)(C)NC(=O)OC(C)(C)C)C(C)C.I. The second-order valence-electron chi connectivity index (χ2n) is 8.39. The van der Waals surface area contributed by atoms with Crippen LogP contribution in [0.1, 0.15) is 61.8 Å². The van der Waals surface area contributed by atoms with Gasteiger partial charge in [0.05, 0.1) is 11.6 Å². The van der Waals surface area contributed by atoms with Crippen molar-refractivity contribution in [3.05, 3.63) is 0 Å². The zero-order valence-corrected chi connectivity index (χ0v) is 20.9. The summed E-state index contributed by atoms with van der Waals surface area (Å²) < 4.78 is 11.1. The molecule has 0 saturated carbocycles. The van der Waals surface area contributed by atoms with E-state index in [-0.39, 0.29) is 30.1 Å². The van der Waals surface area contributed by atoms with Gasteiger partial charge in [0.2, 0.25) is 0 Å². The zero-order valence-electron chi connectivity index (χ0n) is 18.6. The molecule has 1 atom stereocenters. The first-order chi connectivity index (χ1) is 11.9. The quantitative estimate of drug-likeness (QED) is 0.256. The Morgan fingerprint density at radius 3 is 2.15 bits per heavy atom. The van der Waals surface area contributed by atoms with Crippen molar-refractivity contribution in [1.82, 2.24) is 16.0 Å². The topological polar surface area (TPSA) is 84.0 Å². The van der Waals surface area contributed by atoms with E-state index in [1.807, 2.05) is 41.5 Å². The van der Waals surface area contributed by atoms with Crippen LogP contribution in [0.4, 0.5) is 4.79 Å². The summed E-state index contributed by atoms with van der Waals surface area (Å²) in [6, 6.07) is 0. The first-order valence-electron chi connectivity index (χ1n) is 9.47. The summed E-state index contributed by atoms with van der Waals surface area (Å²) in [6.07, 6.45) is 0.714. The lowest BCUT2D eigenvalue weighted by molar-refractivity contribution is 0.0258. The van der Waals surface area contributed by atoms with Crippen molar-refractivity contribution >= 4 is 36.0 Å². The molecule has 0 aliphatic carbocycles. The molecule has 0 aromatic rings. The highest BCUT2D eigenvalue weighted by molar-refractivity contribution is 14.0. The molecule has 162 valence electrons. The number of nitrogens with one attached hydrogen (secondary N) is 3. The number of halogens is 1. The number of guanidine groups is 1. The van der Waals surface area contributed by atoms with E-state index in [0.29, 0.717) is 18.4 Å². The van der Waals surface area contributed by atoms with Crippen molar-refractivity contribution in [2.24, 2.45) is 10.9 Å². The Hall–Kier alpha value is -0.770. The molecule has 0 aromatic heterocycles. The number of rotatable bonds is 9. The van der Waals surface area contributed by atoms with Gasteiger partial charge in [0.1, 0.15) is 5.60 Å². The molecule has 0 aliphatic heterocycles. The minimum absolute atomic E-state index is 0. The standard InChI is InChI=1S/C19H40N4O3.HI/c1-10-25-15(14(2)3)11-12-21-16(20-9)22-13-19(7,8)23-17(24)26-18(4,5)6;/h14-15H,10-13H2,1-9H3,(H,23,24)(H2,20,21,22);1H. The number of carbonyl (C=O) groups excluding carboxylic acids is 1. The predicted molar refractivity (Wildman–Crippen MR) is 123 cm³/mol. The predicted octanol–water partition coefficient (Wildman–Crippen LogP) is 3.52. The Kier molecular flexibility index (Phi) is 14.1. The van der Waals surface area contributed by atoms with Crippen molar-refractivity contribution < 1.29 is 14.3 Å². The highest BCUT2D eigenvalue weighted by atomic mass is 127. The number of hydrogen-bond donors (Lipinski definition) is 3. The lowest BCUT2D eigenvalue weighted by atomic mass is 10.0. The van der Waals surface area contributed by atoms with Gasteiger partial charge in [-0.05, 0) is 53.9 Å². The molecule has 0 spiro atoms. The molecule has 0 saturated heterocycles. The summed E-state index contributed by atoms with van der Waals surface area (Å²) in [5.41, 5.74) is -0.996. The molecule has 0 heterocycles. The molecule has 0 fully saturated rings. The van der Waals surface area contributed by atoms with Crippen molar-refractivity contribution in [1.29, 1.82) is 0 Å². The Bertz CT molecular complexity index is 449. The van der Waals surface area contributed by atoms with Crippen molar-refractivity contribution in [2.45, 2.75) is 79.1 Å². The summed E-state index contributed by atoms with van der Waals surface area (Å²) in [6.45, 7) is 17.7. The van der Waals surface area contributed by atoms with Gasteiger partial charge in [-0.2, -0.15) is 0 Å². The van der Waals surface area contributed by atoms with Gasteiger partial charge in [-0.15, -0.1) is 24.0 Å². The average Bonchev–Trinajstić information content (AvgIpc) is 2.46. The van der Waals surface area contributed by atoms with Crippen LogP contribution in [0.3, 0.4) is 0 Å². The van der Waals surface area contributed by atoms with Crippen LogP contribution in [-0.2, 0) is 9.47 Å². The average molecular weight is 500 g/mol. The molecule has 7 nitrogen and oxygen atoms in total. The minimum atomic E-state index is -0.515. The molecule has 0 rings (SSSR count). The van der Waals surface area contributed by atoms with Gasteiger partial charge in [0.15, 0.2) is 5.96 Å². The van der Waals surface area contributed by atoms with Crippen LogP contribution >= 0.6 is 24.0 Å². The number of nitrogens with zero attached hydrogens (tertiary/aromatic N) is 1. The molecule has 1 unspecified atom stereocenters. The fourth-order valence-corrected chi connectivity index (χ4v) is 2.31. The number of amides is 1. The number of aliphatic imine (C=N–C) groups is 1. The molecular formula is C19H41IN4O3. The van der Waals surface area contributed by atoms with Crippen LogP contribution in [0.15, 0.2) is 4.99 Å². The molecule has 1 amide bonds. The Morgan fingerprint density at radius 2 is 1.70 bits per heavy atom. The largest absolute Gasteiger partial charge is 0.444 e. The highest BCUT2D eigenvalue weighted by Crippen LogP contribution is 2.10. The third kappa shape index (κ3) is 14.9. The minimum Gasteiger partial charge on any atom is -0.444 e. The van der Waals surface area contributed by atoms with Gasteiger partial charge in [-0.3, -0.25) is 4.99 Å². The summed E-state index contributed by atoms with van der Waals surface area (Å²) in [7, 11) is 1.73. The van der Waals surface area contributed by atoms with E-state index < -0.39 is 17.2 Å². The van der Waals surface area contributed by atoms with Crippen molar-refractivity contribution in [3.8, 4) is 0 Å². The number of carbonyl (C=O) groups is 1. The van der Waals surface area contributed by atoms with Gasteiger partial charge >= 0.3 is 6.09 Å². The smallest absolute Gasteiger partial charge is 0.408 e. The fourth-order valence-electron chi connectivity index (χ4n) is 2.31. The maximum absolute atomic E-state index is 11.9. The second-order valence-corrected chi connectivity index (χ2v) is 8.39. The first kappa shape index (κ1) is 28.4. The van der Waals surface area contributed by atoms with E-state index >= 15 is 0 Å². The Morgan fingerprint density at radius 1 is 1.11 bits per heavy atom. The van der Waals surface area contributed by atoms with E-state index in [0.717, 1.165) is 19.6 Å². The molecule has 0 bridgehead atoms. The summed E-state index contributed by atoms with van der Waals surface area (Å²) in [5, 5.41) is 9.40. The van der Waals surface area contributed by atoms with E-state index in [2.05, 4.69) is 34.8 Å². The van der Waals surface area contributed by atoms with Gasteiger partial charge in [0, 0.05) is 26.7 Å². The zero-order chi connectivity index (χ0) is 20.4. The van der Waals surface area contributed by atoms with E-state index in [9.17, 15) is 4.79 Å². The van der Waals surface area contributed by atoms with Crippen LogP contribution < -0.4 is 16.0 Å². The number of hydrogen-bond acceptors (Lipinski definition) is 4. The van der Waals surface area contributed by atoms with Crippen LogP contribution in [-0.4, -0.2) is 56.0 Å². The lowest BCUT2D eigenvalue weighted by Gasteiger charge is -2.29. The summed E-state index contributed by atoms with van der Waals surface area (Å²) >= 11 is 0. The lowest BCUT2D eigenvalue weighted by Crippen LogP contribution is -2.54. The van der Waals surface area contributed by atoms with Crippen molar-refractivity contribution in [2.75, 3.05) is 26.7 Å². The summed E-state index contributed by atoms with van der Waals surface area (Å²) in [4.78, 5) is 16.2. The first-order valence-corrected chi connectivity index (χ1v) is 9.47. The monoisotopic (exact) mass is 500 g/mol. The maximum atomic E-state index is 11.9. The molecule has 8 heteroatoms. The Labute approximate surface area is 182 Å². The normalized spacial score (nSPS) is 13.6. The van der Waals surface area contributed by atoms with Gasteiger partial charge in [-0.25, -0.2) is 4.79 Å². The number of ether oxygens (including phenoxy) is 2. The van der Waals surface area contributed by atoms with Gasteiger partial charge in [-0.1, -0.05) is 13.8 Å². The molecule has 3 N–H and O–H groups in total. The summed E-state index contributed by atoms with van der Waals surface area (Å²) in [5.74, 6) is 1.17. The fraction of sp³-hybridized carbons (Fsp3) is 0.895. The van der Waals surface area contributed by atoms with Gasteiger partial charge in [0.25, 0.3) is 0 Å². The van der Waals surface area contributed by atoms with E-state index in [1.54, 1.807) is 7.05 Å². The molecule has 0 radical (unpaired) electrons. The van der Waals surface area contributed by atoms with Crippen molar-refractivity contribution in [3.63, 3.8) is 0 Å². The van der Waals surface area contributed by atoms with Crippen LogP contribution in [0.5, 0.6) is 0 Å². The third-order valence-corrected chi connectivity index (χ3v) is 3.61. The van der Waals surface area contributed by atoms with E-state index in [1.165, 1.54) is 0 Å². The van der Waals surface area contributed by atoms with E-state index in [4.69, 9.17) is 9.47 Å². The molecule has 0 aromatic carbocycles. The molecule has 0 aliphatic rings. The Balaban J connectivity index is 0. The van der Waals surface area contributed by atoms with Gasteiger partial charge < -0.3 is 25.4 Å². The number of alkyl carbamates (subject to hydrolysis) is 1. The highest BCUT2D eigenvalue weighted by Gasteiger charge is 2.24.